The van der Waals surface area contributed by atoms with Crippen molar-refractivity contribution in [3.8, 4) is 0 Å². The maximum Gasteiger partial charge on any atom is 0.313 e. The van der Waals surface area contributed by atoms with E-state index >= 15 is 0 Å². The highest BCUT2D eigenvalue weighted by molar-refractivity contribution is 6.22. The molecular weight excluding hydrogens is 316 g/mol. The zero-order valence-electron chi connectivity index (χ0n) is 14.7. The highest BCUT2D eigenvalue weighted by atomic mass is 16.5. The number of ether oxygens (including phenoxy) is 1. The molecule has 0 radical (unpaired) electrons. The van der Waals surface area contributed by atoms with Gasteiger partial charge in [0.25, 0.3) is 0 Å². The third-order valence-corrected chi connectivity index (χ3v) is 8.32. The molecule has 1 saturated heterocycles. The van der Waals surface area contributed by atoms with Crippen molar-refractivity contribution in [1.29, 1.82) is 0 Å². The normalized spacial score (nSPS) is 51.1. The summed E-state index contributed by atoms with van der Waals surface area (Å²) in [5.74, 6) is -0.740. The molecule has 1 aliphatic heterocycles. The van der Waals surface area contributed by atoms with Gasteiger partial charge in [-0.05, 0) is 55.1 Å². The van der Waals surface area contributed by atoms with Crippen LogP contribution in [0.2, 0.25) is 0 Å². The van der Waals surface area contributed by atoms with Crippen molar-refractivity contribution in [2.75, 3.05) is 6.61 Å². The van der Waals surface area contributed by atoms with Gasteiger partial charge in [0.05, 0.1) is 17.4 Å². The molecule has 5 saturated carbocycles. The highest BCUT2D eigenvalue weighted by Gasteiger charge is 2.76. The summed E-state index contributed by atoms with van der Waals surface area (Å²) in [5.41, 5.74) is -1.01. The van der Waals surface area contributed by atoms with Crippen LogP contribution in [0.15, 0.2) is 24.3 Å². The van der Waals surface area contributed by atoms with Crippen LogP contribution in [0.25, 0.3) is 0 Å². The molecule has 1 spiro atoms. The zero-order valence-corrected chi connectivity index (χ0v) is 14.7. The van der Waals surface area contributed by atoms with E-state index in [2.05, 4.69) is 20.1 Å². The zero-order chi connectivity index (χ0) is 17.8. The van der Waals surface area contributed by atoms with E-state index < -0.39 is 10.8 Å². The van der Waals surface area contributed by atoms with E-state index in [1.807, 2.05) is 0 Å². The quantitative estimate of drug-likeness (QED) is 0.386. The molecule has 6 aliphatic rings. The van der Waals surface area contributed by atoms with Gasteiger partial charge in [0.15, 0.2) is 11.6 Å². The van der Waals surface area contributed by atoms with E-state index in [0.717, 1.165) is 19.3 Å². The van der Waals surface area contributed by atoms with E-state index in [9.17, 15) is 14.4 Å². The van der Waals surface area contributed by atoms with Crippen molar-refractivity contribution in [2.45, 2.75) is 45.4 Å². The number of hydrogen-bond donors (Lipinski definition) is 0. The van der Waals surface area contributed by atoms with Gasteiger partial charge in [-0.25, -0.2) is 0 Å². The minimum absolute atomic E-state index is 0.106. The smallest absolute Gasteiger partial charge is 0.313 e. The van der Waals surface area contributed by atoms with Gasteiger partial charge in [0.2, 0.25) is 0 Å². The highest BCUT2D eigenvalue weighted by Crippen LogP contribution is 2.72. The van der Waals surface area contributed by atoms with Gasteiger partial charge in [-0.15, -0.1) is 0 Å². The van der Waals surface area contributed by atoms with Crippen molar-refractivity contribution in [3.05, 3.63) is 24.3 Å². The first-order chi connectivity index (χ1) is 11.8. The molecule has 0 aromatic heterocycles. The minimum Gasteiger partial charge on any atom is -0.465 e. The number of ketones is 2. The molecule has 4 heteroatoms. The van der Waals surface area contributed by atoms with Crippen molar-refractivity contribution < 1.29 is 19.1 Å². The van der Waals surface area contributed by atoms with Gasteiger partial charge in [0.1, 0.15) is 0 Å². The fourth-order valence-corrected chi connectivity index (χ4v) is 7.37. The lowest BCUT2D eigenvalue weighted by atomic mass is 9.34. The Morgan fingerprint density at radius 2 is 1.76 bits per heavy atom. The summed E-state index contributed by atoms with van der Waals surface area (Å²) in [6, 6.07) is 0. The molecule has 0 N–H and O–H groups in total. The van der Waals surface area contributed by atoms with Gasteiger partial charge in [-0.3, -0.25) is 14.4 Å². The Bertz CT molecular complexity index is 779. The molecule has 0 aromatic carbocycles. The molecule has 6 rings (SSSR count). The maximum atomic E-state index is 13.5. The van der Waals surface area contributed by atoms with Crippen molar-refractivity contribution in [1.82, 2.24) is 0 Å². The van der Waals surface area contributed by atoms with Crippen LogP contribution in [0.4, 0.5) is 0 Å². The predicted octanol–water partition coefficient (Wildman–Crippen LogP) is 3.02. The molecule has 0 amide bonds. The Balaban J connectivity index is 1.79. The lowest BCUT2D eigenvalue weighted by molar-refractivity contribution is -0.221. The number of allylic oxidation sites excluding steroid dienone is 2. The minimum atomic E-state index is -1.10. The van der Waals surface area contributed by atoms with E-state index in [1.165, 1.54) is 0 Å². The molecule has 4 bridgehead atoms. The molecule has 6 atom stereocenters. The third-order valence-electron chi connectivity index (χ3n) is 8.32. The largest absolute Gasteiger partial charge is 0.465 e. The van der Waals surface area contributed by atoms with Crippen LogP contribution in [-0.2, 0) is 19.1 Å². The summed E-state index contributed by atoms with van der Waals surface area (Å²) in [6.45, 7) is 10.6. The van der Waals surface area contributed by atoms with Gasteiger partial charge in [-0.2, -0.15) is 0 Å². The summed E-state index contributed by atoms with van der Waals surface area (Å²) >= 11 is 0. The van der Waals surface area contributed by atoms with Crippen LogP contribution in [0.1, 0.15) is 45.4 Å². The van der Waals surface area contributed by atoms with Gasteiger partial charge >= 0.3 is 5.97 Å². The van der Waals surface area contributed by atoms with E-state index in [0.29, 0.717) is 37.0 Å². The second-order valence-electron chi connectivity index (χ2n) is 9.26. The number of fused-ring (bicyclic) bond motifs is 2. The average Bonchev–Trinajstić information content (AvgIpc) is 2.60. The molecule has 3 unspecified atom stereocenters. The van der Waals surface area contributed by atoms with Crippen LogP contribution in [0, 0.1) is 34.0 Å². The number of Topliss-reactive ketones (excluding diaryl/α,β-unsaturated/α-hetero) is 2. The average molecular weight is 340 g/mol. The van der Waals surface area contributed by atoms with Crippen LogP contribution in [0.3, 0.4) is 0 Å². The monoisotopic (exact) mass is 340 g/mol. The second kappa shape index (κ2) is 4.33. The van der Waals surface area contributed by atoms with Crippen LogP contribution < -0.4 is 0 Å². The fourth-order valence-electron chi connectivity index (χ4n) is 7.37. The van der Waals surface area contributed by atoms with Crippen molar-refractivity contribution in [2.24, 2.45) is 34.0 Å². The van der Waals surface area contributed by atoms with Gasteiger partial charge in [0, 0.05) is 11.3 Å². The Labute approximate surface area is 147 Å². The molecule has 6 fully saturated rings. The maximum absolute atomic E-state index is 13.5. The summed E-state index contributed by atoms with van der Waals surface area (Å²) in [7, 11) is 0. The summed E-state index contributed by atoms with van der Waals surface area (Å²) in [6.07, 6.45) is 4.64. The number of esters is 1. The molecule has 4 nitrogen and oxygen atoms in total. The molecule has 1 heterocycles. The van der Waals surface area contributed by atoms with E-state index in [4.69, 9.17) is 4.74 Å². The standard InChI is InChI=1S/C21H24O4/c1-11-13-5-8-21(16(11)22)14(9-13)20-7-4-6-19(3,10-25-18(20)24)15(20)12(2)17(21)23/h13-15H,1-2,4-10H2,3H3/t13-,14?,15?,19+,20-,21?/m1/s1. The number of hydrogen-bond acceptors (Lipinski definition) is 4. The van der Waals surface area contributed by atoms with Crippen molar-refractivity contribution >= 4 is 17.5 Å². The second-order valence-corrected chi connectivity index (χ2v) is 9.26. The van der Waals surface area contributed by atoms with Crippen LogP contribution in [0.5, 0.6) is 0 Å². The lowest BCUT2D eigenvalue weighted by Crippen LogP contribution is -2.72. The van der Waals surface area contributed by atoms with Gasteiger partial charge in [-0.1, -0.05) is 26.5 Å². The SMILES string of the molecule is C=C1C(=O)C23CC[C@H](CC2[C@@]24CCC[C@@](C)(COC2=O)C14)C(=C)C3=O. The number of carbonyl (C=O) groups is 3. The third kappa shape index (κ3) is 1.42. The van der Waals surface area contributed by atoms with Crippen LogP contribution >= 0.6 is 0 Å². The van der Waals surface area contributed by atoms with E-state index in [-0.39, 0.29) is 40.7 Å². The van der Waals surface area contributed by atoms with Gasteiger partial charge < -0.3 is 4.74 Å². The molecule has 132 valence electrons. The molecule has 25 heavy (non-hydrogen) atoms. The molecular formula is C21H24O4. The van der Waals surface area contributed by atoms with Crippen molar-refractivity contribution in [3.63, 3.8) is 0 Å². The Morgan fingerprint density at radius 3 is 2.52 bits per heavy atom. The predicted molar refractivity (Wildman–Crippen MR) is 90.4 cm³/mol. The lowest BCUT2D eigenvalue weighted by Gasteiger charge is -2.67. The summed E-state index contributed by atoms with van der Waals surface area (Å²) in [4.78, 5) is 39.9. The summed E-state index contributed by atoms with van der Waals surface area (Å²) < 4.78 is 5.68. The Kier molecular flexibility index (Phi) is 2.69. The number of carbonyl (C=O) groups excluding carboxylic acids is 3. The fraction of sp³-hybridized carbons (Fsp3) is 0.667. The summed E-state index contributed by atoms with van der Waals surface area (Å²) in [5, 5.41) is 0. The topological polar surface area (TPSA) is 60.4 Å². The molecule has 5 aliphatic carbocycles. The Morgan fingerprint density at radius 1 is 1.04 bits per heavy atom. The van der Waals surface area contributed by atoms with E-state index in [1.54, 1.807) is 0 Å². The number of cyclic esters (lactones) is 1. The first kappa shape index (κ1) is 15.5. The first-order valence-corrected chi connectivity index (χ1v) is 9.43. The van der Waals surface area contributed by atoms with Crippen LogP contribution in [-0.4, -0.2) is 24.1 Å². The first-order valence-electron chi connectivity index (χ1n) is 9.43. The molecule has 0 aromatic rings. The Hall–Kier alpha value is -1.71. The number of rotatable bonds is 0.